The van der Waals surface area contributed by atoms with Gasteiger partial charge in [-0.25, -0.2) is 8.42 Å². The minimum atomic E-state index is -3.85. The standard InChI is InChI=1S/C13H19N3O4S/c1-9-3-4-11(20-2)12(7-9)21(18,19)16-6-5-15-8-10(16)13(14)17/h3-4,7,10,15H,5-6,8H2,1-2H3,(H2,14,17). The van der Waals surface area contributed by atoms with Crippen molar-refractivity contribution < 1.29 is 17.9 Å². The van der Waals surface area contributed by atoms with Crippen LogP contribution in [-0.4, -0.2) is 51.4 Å². The zero-order valence-electron chi connectivity index (χ0n) is 12.0. The second-order valence-corrected chi connectivity index (χ2v) is 6.75. The van der Waals surface area contributed by atoms with Crippen molar-refractivity contribution in [3.63, 3.8) is 0 Å². The molecule has 0 bridgehead atoms. The summed E-state index contributed by atoms with van der Waals surface area (Å²) in [6, 6.07) is 4.01. The van der Waals surface area contributed by atoms with Gasteiger partial charge in [0.15, 0.2) is 0 Å². The van der Waals surface area contributed by atoms with Crippen LogP contribution in [0.1, 0.15) is 5.56 Å². The Balaban J connectivity index is 2.50. The van der Waals surface area contributed by atoms with Crippen LogP contribution in [0.3, 0.4) is 0 Å². The van der Waals surface area contributed by atoms with E-state index in [-0.39, 0.29) is 23.7 Å². The fourth-order valence-electron chi connectivity index (χ4n) is 2.33. The first-order chi connectivity index (χ1) is 9.87. The third kappa shape index (κ3) is 3.02. The lowest BCUT2D eigenvalue weighted by molar-refractivity contribution is -0.122. The minimum Gasteiger partial charge on any atom is -0.495 e. The summed E-state index contributed by atoms with van der Waals surface area (Å²) in [5.41, 5.74) is 6.11. The zero-order valence-corrected chi connectivity index (χ0v) is 12.8. The number of carbonyl (C=O) groups excluding carboxylic acids is 1. The number of aryl methyl sites for hydroxylation is 1. The third-order valence-corrected chi connectivity index (χ3v) is 5.36. The lowest BCUT2D eigenvalue weighted by Crippen LogP contribution is -2.58. The molecule has 1 unspecified atom stereocenters. The summed E-state index contributed by atoms with van der Waals surface area (Å²) in [4.78, 5) is 11.6. The van der Waals surface area contributed by atoms with Crippen LogP contribution in [0, 0.1) is 6.92 Å². The highest BCUT2D eigenvalue weighted by molar-refractivity contribution is 7.89. The van der Waals surface area contributed by atoms with Crippen molar-refractivity contribution in [3.8, 4) is 5.75 Å². The number of hydrogen-bond acceptors (Lipinski definition) is 5. The Kier molecular flexibility index (Phi) is 4.50. The van der Waals surface area contributed by atoms with Gasteiger partial charge < -0.3 is 15.8 Å². The predicted octanol–water partition coefficient (Wildman–Crippen LogP) is -0.549. The molecule has 0 aliphatic carbocycles. The molecule has 1 amide bonds. The maximum Gasteiger partial charge on any atom is 0.247 e. The fourth-order valence-corrected chi connectivity index (χ4v) is 4.17. The first-order valence-corrected chi connectivity index (χ1v) is 7.98. The van der Waals surface area contributed by atoms with Crippen molar-refractivity contribution in [1.82, 2.24) is 9.62 Å². The molecule has 8 heteroatoms. The van der Waals surface area contributed by atoms with Crippen molar-refractivity contribution in [3.05, 3.63) is 23.8 Å². The maximum absolute atomic E-state index is 12.8. The number of primary amides is 1. The van der Waals surface area contributed by atoms with E-state index in [0.29, 0.717) is 6.54 Å². The topological polar surface area (TPSA) is 102 Å². The largest absolute Gasteiger partial charge is 0.495 e. The molecule has 1 heterocycles. The van der Waals surface area contributed by atoms with E-state index in [1.54, 1.807) is 19.1 Å². The number of piperazine rings is 1. The van der Waals surface area contributed by atoms with E-state index in [1.807, 2.05) is 0 Å². The number of nitrogens with one attached hydrogen (secondary N) is 1. The summed E-state index contributed by atoms with van der Waals surface area (Å²) >= 11 is 0. The summed E-state index contributed by atoms with van der Waals surface area (Å²) in [6.07, 6.45) is 0. The van der Waals surface area contributed by atoms with E-state index in [9.17, 15) is 13.2 Å². The number of methoxy groups -OCH3 is 1. The molecule has 2 rings (SSSR count). The second kappa shape index (κ2) is 6.00. The number of nitrogens with two attached hydrogens (primary N) is 1. The highest BCUT2D eigenvalue weighted by atomic mass is 32.2. The molecule has 0 saturated carbocycles. The molecule has 21 heavy (non-hydrogen) atoms. The van der Waals surface area contributed by atoms with E-state index in [4.69, 9.17) is 10.5 Å². The highest BCUT2D eigenvalue weighted by Crippen LogP contribution is 2.29. The molecule has 0 radical (unpaired) electrons. The summed E-state index contributed by atoms with van der Waals surface area (Å²) in [5.74, 6) is -0.417. The van der Waals surface area contributed by atoms with E-state index < -0.39 is 22.0 Å². The molecule has 0 spiro atoms. The SMILES string of the molecule is COc1ccc(C)cc1S(=O)(=O)N1CCNCC1C(N)=O. The van der Waals surface area contributed by atoms with E-state index in [0.717, 1.165) is 9.87 Å². The van der Waals surface area contributed by atoms with Gasteiger partial charge in [-0.2, -0.15) is 4.31 Å². The average molecular weight is 313 g/mol. The number of sulfonamides is 1. The van der Waals surface area contributed by atoms with Crippen molar-refractivity contribution in [2.75, 3.05) is 26.7 Å². The number of nitrogens with zero attached hydrogens (tertiary/aromatic N) is 1. The molecule has 116 valence electrons. The lowest BCUT2D eigenvalue weighted by atomic mass is 10.2. The van der Waals surface area contributed by atoms with E-state index in [1.165, 1.54) is 13.2 Å². The molecule has 1 saturated heterocycles. The second-order valence-electron chi connectivity index (χ2n) is 4.89. The van der Waals surface area contributed by atoms with Crippen LogP contribution in [0.25, 0.3) is 0 Å². The van der Waals surface area contributed by atoms with Gasteiger partial charge in [0.05, 0.1) is 7.11 Å². The minimum absolute atomic E-state index is 0.0538. The van der Waals surface area contributed by atoms with Crippen LogP contribution in [-0.2, 0) is 14.8 Å². The number of hydrogen-bond donors (Lipinski definition) is 2. The third-order valence-electron chi connectivity index (χ3n) is 3.43. The Morgan fingerprint density at radius 3 is 2.81 bits per heavy atom. The van der Waals surface area contributed by atoms with Crippen molar-refractivity contribution >= 4 is 15.9 Å². The number of carbonyl (C=O) groups is 1. The van der Waals surface area contributed by atoms with Gasteiger partial charge in [-0.15, -0.1) is 0 Å². The Bertz CT molecular complexity index is 645. The van der Waals surface area contributed by atoms with Crippen LogP contribution in [0.15, 0.2) is 23.1 Å². The maximum atomic E-state index is 12.8. The quantitative estimate of drug-likeness (QED) is 0.777. The molecule has 3 N–H and O–H groups in total. The Morgan fingerprint density at radius 2 is 2.19 bits per heavy atom. The molecular weight excluding hydrogens is 294 g/mol. The molecule has 1 aliphatic rings. The average Bonchev–Trinajstić information content (AvgIpc) is 2.47. The molecule has 1 fully saturated rings. The Hall–Kier alpha value is -1.64. The van der Waals surface area contributed by atoms with E-state index in [2.05, 4.69) is 5.32 Å². The lowest BCUT2D eigenvalue weighted by Gasteiger charge is -2.33. The van der Waals surface area contributed by atoms with Crippen LogP contribution in [0.2, 0.25) is 0 Å². The molecule has 1 atom stereocenters. The number of amides is 1. The summed E-state index contributed by atoms with van der Waals surface area (Å²) in [6.45, 7) is 2.66. The molecular formula is C13H19N3O4S. The zero-order chi connectivity index (χ0) is 15.6. The number of ether oxygens (including phenoxy) is 1. The first kappa shape index (κ1) is 15.7. The Morgan fingerprint density at radius 1 is 1.48 bits per heavy atom. The van der Waals surface area contributed by atoms with Crippen LogP contribution in [0.4, 0.5) is 0 Å². The van der Waals surface area contributed by atoms with Gasteiger partial charge in [-0.3, -0.25) is 4.79 Å². The number of benzene rings is 1. The van der Waals surface area contributed by atoms with Crippen LogP contribution < -0.4 is 15.8 Å². The normalized spacial score (nSPS) is 20.2. The number of rotatable bonds is 4. The van der Waals surface area contributed by atoms with Gasteiger partial charge in [0.2, 0.25) is 15.9 Å². The van der Waals surface area contributed by atoms with Gasteiger partial charge >= 0.3 is 0 Å². The van der Waals surface area contributed by atoms with Crippen molar-refractivity contribution in [2.45, 2.75) is 17.9 Å². The van der Waals surface area contributed by atoms with Crippen LogP contribution in [0.5, 0.6) is 5.75 Å². The van der Waals surface area contributed by atoms with Gasteiger partial charge in [0, 0.05) is 19.6 Å². The van der Waals surface area contributed by atoms with Gasteiger partial charge in [0.25, 0.3) is 0 Å². The molecule has 1 aliphatic heterocycles. The highest BCUT2D eigenvalue weighted by Gasteiger charge is 2.38. The molecule has 1 aromatic carbocycles. The molecule has 1 aromatic rings. The molecule has 7 nitrogen and oxygen atoms in total. The summed E-state index contributed by atoms with van der Waals surface area (Å²) in [7, 11) is -2.44. The van der Waals surface area contributed by atoms with E-state index >= 15 is 0 Å². The monoisotopic (exact) mass is 313 g/mol. The fraction of sp³-hybridized carbons (Fsp3) is 0.462. The van der Waals surface area contributed by atoms with Gasteiger partial charge in [-0.1, -0.05) is 6.07 Å². The van der Waals surface area contributed by atoms with Crippen molar-refractivity contribution in [2.24, 2.45) is 5.73 Å². The summed E-state index contributed by atoms with van der Waals surface area (Å²) in [5, 5.41) is 2.97. The van der Waals surface area contributed by atoms with Gasteiger partial charge in [0.1, 0.15) is 16.7 Å². The van der Waals surface area contributed by atoms with Crippen molar-refractivity contribution in [1.29, 1.82) is 0 Å². The predicted molar refractivity (Wildman–Crippen MR) is 77.5 cm³/mol. The first-order valence-electron chi connectivity index (χ1n) is 6.54. The summed E-state index contributed by atoms with van der Waals surface area (Å²) < 4.78 is 32.0. The van der Waals surface area contributed by atoms with Gasteiger partial charge in [-0.05, 0) is 24.6 Å². The van der Waals surface area contributed by atoms with Crippen LogP contribution >= 0.6 is 0 Å². The Labute approximate surface area is 124 Å². The smallest absolute Gasteiger partial charge is 0.247 e. The molecule has 0 aromatic heterocycles.